The van der Waals surface area contributed by atoms with Crippen molar-refractivity contribution in [2.24, 2.45) is 0 Å². The van der Waals surface area contributed by atoms with Crippen LogP contribution >= 0.6 is 11.3 Å². The number of benzene rings is 3. The fraction of sp³-hybridized carbons (Fsp3) is 0.129. The first-order valence-electron chi connectivity index (χ1n) is 12.4. The Morgan fingerprint density at radius 1 is 0.949 bits per heavy atom. The van der Waals surface area contributed by atoms with Crippen molar-refractivity contribution in [1.82, 2.24) is 4.98 Å². The molecule has 0 saturated heterocycles. The van der Waals surface area contributed by atoms with Gasteiger partial charge >= 0.3 is 5.97 Å². The monoisotopic (exact) mass is 537 g/mol. The predicted octanol–water partition coefficient (Wildman–Crippen LogP) is 6.96. The summed E-state index contributed by atoms with van der Waals surface area (Å²) in [5.41, 5.74) is 12.7. The van der Waals surface area contributed by atoms with Gasteiger partial charge in [0.25, 0.3) is 5.91 Å². The fourth-order valence-electron chi connectivity index (χ4n) is 4.25. The summed E-state index contributed by atoms with van der Waals surface area (Å²) < 4.78 is 10.4. The molecule has 0 aliphatic heterocycles. The van der Waals surface area contributed by atoms with E-state index in [1.165, 1.54) is 11.3 Å². The van der Waals surface area contributed by atoms with Crippen LogP contribution in [0.1, 0.15) is 32.5 Å². The number of nitrogens with two attached hydrogens (primary N) is 1. The number of pyridine rings is 1. The molecule has 0 unspecified atom stereocenters. The summed E-state index contributed by atoms with van der Waals surface area (Å²) in [6.07, 6.45) is 0. The van der Waals surface area contributed by atoms with Crippen molar-refractivity contribution in [3.8, 4) is 28.1 Å². The maximum Gasteiger partial charge on any atom is 0.338 e. The molecule has 3 aromatic carbocycles. The van der Waals surface area contributed by atoms with Crippen molar-refractivity contribution in [3.05, 3.63) is 94.9 Å². The summed E-state index contributed by atoms with van der Waals surface area (Å²) in [6, 6.07) is 24.4. The van der Waals surface area contributed by atoms with Gasteiger partial charge in [-0.05, 0) is 67.4 Å². The largest absolute Gasteiger partial charge is 0.497 e. The highest BCUT2D eigenvalue weighted by molar-refractivity contribution is 7.21. The third-order valence-electron chi connectivity index (χ3n) is 6.31. The van der Waals surface area contributed by atoms with Gasteiger partial charge in [0.1, 0.15) is 15.5 Å². The van der Waals surface area contributed by atoms with Crippen molar-refractivity contribution in [1.29, 1.82) is 0 Å². The minimum Gasteiger partial charge on any atom is -0.497 e. The van der Waals surface area contributed by atoms with Gasteiger partial charge in [0.05, 0.1) is 30.7 Å². The zero-order valence-electron chi connectivity index (χ0n) is 21.8. The van der Waals surface area contributed by atoms with E-state index in [4.69, 9.17) is 20.2 Å². The van der Waals surface area contributed by atoms with E-state index in [0.717, 1.165) is 39.1 Å². The molecular weight excluding hydrogens is 510 g/mol. The second-order valence-corrected chi connectivity index (χ2v) is 9.93. The van der Waals surface area contributed by atoms with Crippen molar-refractivity contribution in [2.75, 3.05) is 24.8 Å². The van der Waals surface area contributed by atoms with E-state index >= 15 is 0 Å². The van der Waals surface area contributed by atoms with Gasteiger partial charge in [0, 0.05) is 16.6 Å². The Morgan fingerprint density at radius 2 is 1.62 bits per heavy atom. The average molecular weight is 538 g/mol. The third-order valence-corrected chi connectivity index (χ3v) is 7.41. The molecule has 7 nitrogen and oxygen atoms in total. The highest BCUT2D eigenvalue weighted by Gasteiger charge is 2.22. The van der Waals surface area contributed by atoms with Gasteiger partial charge in [-0.1, -0.05) is 42.0 Å². The SMILES string of the molecule is CCOC(=O)c1ccc(NC(=O)c2sc3nc(-c4ccc(C)cc4)cc(-c4ccc(OC)cc4)c3c2N)cc1. The number of nitrogens with zero attached hydrogens (tertiary/aromatic N) is 1. The van der Waals surface area contributed by atoms with E-state index < -0.39 is 5.97 Å². The molecule has 1 amide bonds. The molecule has 8 heteroatoms. The molecule has 0 fully saturated rings. The highest BCUT2D eigenvalue weighted by atomic mass is 32.1. The van der Waals surface area contributed by atoms with Crippen LogP contribution in [0.2, 0.25) is 0 Å². The Balaban J connectivity index is 1.56. The normalized spacial score (nSPS) is 10.8. The maximum absolute atomic E-state index is 13.3. The Kier molecular flexibility index (Phi) is 7.29. The van der Waals surface area contributed by atoms with Crippen LogP contribution in [0, 0.1) is 6.92 Å². The Labute approximate surface area is 230 Å². The van der Waals surface area contributed by atoms with E-state index in [0.29, 0.717) is 33.3 Å². The van der Waals surface area contributed by atoms with Crippen LogP contribution in [-0.2, 0) is 4.74 Å². The van der Waals surface area contributed by atoms with Crippen molar-refractivity contribution in [2.45, 2.75) is 13.8 Å². The van der Waals surface area contributed by atoms with E-state index in [1.54, 1.807) is 38.3 Å². The van der Waals surface area contributed by atoms with Gasteiger partial charge < -0.3 is 20.5 Å². The number of nitrogen functional groups attached to an aromatic ring is 1. The molecule has 3 N–H and O–H groups in total. The molecule has 0 spiro atoms. The van der Waals surface area contributed by atoms with Crippen LogP contribution in [0.3, 0.4) is 0 Å². The van der Waals surface area contributed by atoms with E-state index in [9.17, 15) is 9.59 Å². The number of carbonyl (C=O) groups excluding carboxylic acids is 2. The van der Waals surface area contributed by atoms with Crippen molar-refractivity contribution < 1.29 is 19.1 Å². The number of esters is 1. The molecule has 0 atom stereocenters. The molecule has 196 valence electrons. The van der Waals surface area contributed by atoms with Crippen LogP contribution in [-0.4, -0.2) is 30.6 Å². The number of thiophene rings is 1. The highest BCUT2D eigenvalue weighted by Crippen LogP contribution is 2.42. The first kappa shape index (κ1) is 25.9. The fourth-order valence-corrected chi connectivity index (χ4v) is 5.27. The second kappa shape index (κ2) is 11.0. The van der Waals surface area contributed by atoms with Crippen LogP contribution in [0.5, 0.6) is 5.75 Å². The van der Waals surface area contributed by atoms with Gasteiger partial charge in [-0.3, -0.25) is 4.79 Å². The van der Waals surface area contributed by atoms with Gasteiger partial charge in [0.2, 0.25) is 0 Å². The zero-order valence-corrected chi connectivity index (χ0v) is 22.6. The summed E-state index contributed by atoms with van der Waals surface area (Å²) in [5.74, 6) is -0.0160. The quantitative estimate of drug-likeness (QED) is 0.218. The van der Waals surface area contributed by atoms with Gasteiger partial charge in [-0.25, -0.2) is 9.78 Å². The molecular formula is C31H27N3O4S. The van der Waals surface area contributed by atoms with Crippen molar-refractivity contribution in [3.63, 3.8) is 0 Å². The number of anilines is 2. The van der Waals surface area contributed by atoms with Crippen LogP contribution in [0.25, 0.3) is 32.6 Å². The standard InChI is InChI=1S/C31H27N3O4S/c1-4-38-31(36)21-9-13-22(14-10-21)33-29(35)28-27(32)26-24(19-11-15-23(37-3)16-12-19)17-25(34-30(26)39-28)20-7-5-18(2)6-8-20/h5-17H,4,32H2,1-3H3,(H,33,35). The average Bonchev–Trinajstić information content (AvgIpc) is 3.30. The summed E-state index contributed by atoms with van der Waals surface area (Å²) >= 11 is 1.25. The van der Waals surface area contributed by atoms with Crippen LogP contribution in [0.15, 0.2) is 78.9 Å². The summed E-state index contributed by atoms with van der Waals surface area (Å²) in [7, 11) is 1.63. The van der Waals surface area contributed by atoms with Gasteiger partial charge in [-0.2, -0.15) is 0 Å². The lowest BCUT2D eigenvalue weighted by Gasteiger charge is -2.10. The molecule has 2 heterocycles. The topological polar surface area (TPSA) is 104 Å². The maximum atomic E-state index is 13.3. The summed E-state index contributed by atoms with van der Waals surface area (Å²) in [6.45, 7) is 4.08. The lowest BCUT2D eigenvalue weighted by Crippen LogP contribution is -2.12. The molecule has 0 aliphatic carbocycles. The lowest BCUT2D eigenvalue weighted by atomic mass is 9.99. The predicted molar refractivity (Wildman–Crippen MR) is 157 cm³/mol. The number of fused-ring (bicyclic) bond motifs is 1. The second-order valence-electron chi connectivity index (χ2n) is 8.93. The Bertz CT molecular complexity index is 1660. The Hall–Kier alpha value is -4.69. The smallest absolute Gasteiger partial charge is 0.338 e. The zero-order chi connectivity index (χ0) is 27.5. The summed E-state index contributed by atoms with van der Waals surface area (Å²) in [5, 5.41) is 3.61. The lowest BCUT2D eigenvalue weighted by molar-refractivity contribution is 0.0526. The molecule has 5 rings (SSSR count). The first-order chi connectivity index (χ1) is 18.9. The number of hydrogen-bond acceptors (Lipinski definition) is 7. The number of hydrogen-bond donors (Lipinski definition) is 2. The molecule has 0 aliphatic rings. The van der Waals surface area contributed by atoms with Gasteiger partial charge in [-0.15, -0.1) is 11.3 Å². The number of amides is 1. The van der Waals surface area contributed by atoms with Crippen LogP contribution in [0.4, 0.5) is 11.4 Å². The third kappa shape index (κ3) is 5.32. The van der Waals surface area contributed by atoms with Crippen LogP contribution < -0.4 is 15.8 Å². The first-order valence-corrected chi connectivity index (χ1v) is 13.2. The number of aromatic nitrogens is 1. The molecule has 0 bridgehead atoms. The molecule has 0 radical (unpaired) electrons. The number of carbonyl (C=O) groups is 2. The summed E-state index contributed by atoms with van der Waals surface area (Å²) in [4.78, 5) is 31.2. The molecule has 2 aromatic heterocycles. The van der Waals surface area contributed by atoms with Gasteiger partial charge in [0.15, 0.2) is 0 Å². The van der Waals surface area contributed by atoms with Crippen molar-refractivity contribution >= 4 is 44.8 Å². The molecule has 39 heavy (non-hydrogen) atoms. The molecule has 0 saturated carbocycles. The molecule has 5 aromatic rings. The number of methoxy groups -OCH3 is 1. The number of rotatable bonds is 7. The van der Waals surface area contributed by atoms with E-state index in [1.807, 2.05) is 61.5 Å². The minimum atomic E-state index is -0.411. The number of aryl methyl sites for hydroxylation is 1. The minimum absolute atomic E-state index is 0.292. The Morgan fingerprint density at radius 3 is 2.26 bits per heavy atom. The van der Waals surface area contributed by atoms with E-state index in [-0.39, 0.29) is 5.91 Å². The number of ether oxygens (including phenoxy) is 2. The number of nitrogens with one attached hydrogen (secondary N) is 1. The van der Waals surface area contributed by atoms with E-state index in [2.05, 4.69) is 5.32 Å².